The summed E-state index contributed by atoms with van der Waals surface area (Å²) in [7, 11) is 0. The molecule has 2 aliphatic rings. The minimum atomic E-state index is -4.53. The van der Waals surface area contributed by atoms with Crippen molar-refractivity contribution in [2.24, 2.45) is 0 Å². The number of amides is 1. The Labute approximate surface area is 185 Å². The van der Waals surface area contributed by atoms with Crippen LogP contribution in [-0.4, -0.2) is 27.9 Å². The maximum absolute atomic E-state index is 13.8. The van der Waals surface area contributed by atoms with Gasteiger partial charge in [-0.25, -0.2) is 4.68 Å². The van der Waals surface area contributed by atoms with Gasteiger partial charge in [0, 0.05) is 16.9 Å². The number of nitrogens with one attached hydrogen (secondary N) is 2. The highest BCUT2D eigenvalue weighted by atomic mass is 79.9. The van der Waals surface area contributed by atoms with Crippen molar-refractivity contribution in [1.82, 2.24) is 15.1 Å². The van der Waals surface area contributed by atoms with Gasteiger partial charge in [-0.1, -0.05) is 58.9 Å². The Balaban J connectivity index is 1.65. The van der Waals surface area contributed by atoms with Crippen molar-refractivity contribution >= 4 is 39.3 Å². The second-order valence-electron chi connectivity index (χ2n) is 7.81. The molecule has 1 saturated carbocycles. The number of carbonyl (C=O) groups is 1. The van der Waals surface area contributed by atoms with E-state index in [1.807, 2.05) is 0 Å². The molecular formula is C20H21BrClF3N4O. The summed E-state index contributed by atoms with van der Waals surface area (Å²) in [4.78, 5) is 12.7. The van der Waals surface area contributed by atoms with Crippen molar-refractivity contribution in [1.29, 1.82) is 0 Å². The van der Waals surface area contributed by atoms with E-state index in [2.05, 4.69) is 31.7 Å². The van der Waals surface area contributed by atoms with E-state index in [4.69, 9.17) is 11.6 Å². The number of fused-ring (bicyclic) bond motifs is 1. The van der Waals surface area contributed by atoms with Gasteiger partial charge < -0.3 is 10.6 Å². The average Bonchev–Trinajstić information content (AvgIpc) is 3.04. The summed E-state index contributed by atoms with van der Waals surface area (Å²) < 4.78 is 43.2. The van der Waals surface area contributed by atoms with Gasteiger partial charge in [0.05, 0.1) is 6.04 Å². The highest BCUT2D eigenvalue weighted by Crippen LogP contribution is 2.46. The summed E-state index contributed by atoms with van der Waals surface area (Å²) in [6.45, 7) is 0. The summed E-state index contributed by atoms with van der Waals surface area (Å²) in [5, 5.41) is 9.83. The molecule has 10 heteroatoms. The zero-order valence-corrected chi connectivity index (χ0v) is 18.3. The first kappa shape index (κ1) is 21.5. The second-order valence-corrected chi connectivity index (χ2v) is 9.10. The highest BCUT2D eigenvalue weighted by molar-refractivity contribution is 9.10. The summed E-state index contributed by atoms with van der Waals surface area (Å²) in [5.74, 6) is -0.510. The Bertz CT molecular complexity index is 925. The van der Waals surface area contributed by atoms with Gasteiger partial charge in [-0.15, -0.1) is 0 Å². The van der Waals surface area contributed by atoms with Gasteiger partial charge in [-0.3, -0.25) is 4.79 Å². The molecule has 1 amide bonds. The number of halogens is 5. The van der Waals surface area contributed by atoms with Crippen molar-refractivity contribution in [2.75, 3.05) is 5.32 Å². The van der Waals surface area contributed by atoms with Crippen LogP contribution in [0.15, 0.2) is 28.7 Å². The normalized spacial score (nSPS) is 22.3. The van der Waals surface area contributed by atoms with Crippen LogP contribution in [0.1, 0.15) is 66.7 Å². The predicted molar refractivity (Wildman–Crippen MR) is 112 cm³/mol. The molecule has 4 rings (SSSR count). The lowest BCUT2D eigenvalue weighted by atomic mass is 9.95. The molecule has 1 fully saturated rings. The van der Waals surface area contributed by atoms with Crippen LogP contribution in [0, 0.1) is 0 Å². The summed E-state index contributed by atoms with van der Waals surface area (Å²) in [6, 6.07) is 4.57. The van der Waals surface area contributed by atoms with Gasteiger partial charge in [0.15, 0.2) is 11.7 Å². The molecule has 30 heavy (non-hydrogen) atoms. The number of hydrogen-bond acceptors (Lipinski definition) is 3. The SMILES string of the molecule is O=C(NC1CCCCC1)c1nn2c(c1Cl)N[C@@H](c1ccc(Br)cc1)C[C@H]2C(F)(F)F. The first-order valence-electron chi connectivity index (χ1n) is 9.91. The fraction of sp³-hybridized carbons (Fsp3) is 0.500. The van der Waals surface area contributed by atoms with E-state index in [1.165, 1.54) is 0 Å². The van der Waals surface area contributed by atoms with Crippen molar-refractivity contribution in [3.05, 3.63) is 45.0 Å². The van der Waals surface area contributed by atoms with Gasteiger partial charge >= 0.3 is 6.18 Å². The molecule has 2 N–H and O–H groups in total. The molecule has 0 unspecified atom stereocenters. The van der Waals surface area contributed by atoms with Gasteiger partial charge in [-0.2, -0.15) is 18.3 Å². The number of aromatic nitrogens is 2. The Morgan fingerprint density at radius 1 is 1.20 bits per heavy atom. The van der Waals surface area contributed by atoms with Crippen LogP contribution < -0.4 is 10.6 Å². The zero-order valence-electron chi connectivity index (χ0n) is 16.0. The molecule has 0 spiro atoms. The summed E-state index contributed by atoms with van der Waals surface area (Å²) in [6.07, 6.45) is 0.0884. The Morgan fingerprint density at radius 3 is 2.50 bits per heavy atom. The Morgan fingerprint density at radius 2 is 1.87 bits per heavy atom. The maximum atomic E-state index is 13.8. The minimum Gasteiger partial charge on any atom is -0.362 e. The third kappa shape index (κ3) is 4.32. The number of benzene rings is 1. The molecule has 1 aromatic heterocycles. The number of carbonyl (C=O) groups excluding carboxylic acids is 1. The van der Waals surface area contributed by atoms with Crippen LogP contribution in [0.2, 0.25) is 5.02 Å². The molecular weight excluding hydrogens is 485 g/mol. The predicted octanol–water partition coefficient (Wildman–Crippen LogP) is 6.02. The first-order chi connectivity index (χ1) is 14.2. The van der Waals surface area contributed by atoms with Crippen LogP contribution >= 0.6 is 27.5 Å². The van der Waals surface area contributed by atoms with Gasteiger partial charge in [0.1, 0.15) is 10.8 Å². The van der Waals surface area contributed by atoms with E-state index in [-0.39, 0.29) is 29.0 Å². The number of nitrogens with zero attached hydrogens (tertiary/aromatic N) is 2. The first-order valence-corrected chi connectivity index (χ1v) is 11.1. The fourth-order valence-electron chi connectivity index (χ4n) is 4.15. The molecule has 0 saturated heterocycles. The van der Waals surface area contributed by atoms with Crippen molar-refractivity contribution in [2.45, 2.75) is 62.8 Å². The molecule has 5 nitrogen and oxygen atoms in total. The standard InChI is InChI=1S/C20H21BrClF3N4O/c21-12-8-6-11(7-9-12)14-10-15(20(23,24)25)29-18(27-14)16(22)17(28-29)19(30)26-13-4-2-1-3-5-13/h6-9,13-15,27H,1-5,10H2,(H,26,30)/t14-,15+/m1/s1. The molecule has 0 radical (unpaired) electrons. The Hall–Kier alpha value is -1.74. The lowest BCUT2D eigenvalue weighted by Crippen LogP contribution is -2.37. The van der Waals surface area contributed by atoms with Crippen molar-refractivity contribution < 1.29 is 18.0 Å². The average molecular weight is 506 g/mol. The van der Waals surface area contributed by atoms with Crippen molar-refractivity contribution in [3.8, 4) is 0 Å². The molecule has 1 aliphatic carbocycles. The molecule has 2 heterocycles. The fourth-order valence-corrected chi connectivity index (χ4v) is 4.68. The maximum Gasteiger partial charge on any atom is 0.410 e. The number of anilines is 1. The smallest absolute Gasteiger partial charge is 0.362 e. The monoisotopic (exact) mass is 504 g/mol. The van der Waals surface area contributed by atoms with Crippen LogP contribution in [0.4, 0.5) is 19.0 Å². The quantitative estimate of drug-likeness (QED) is 0.536. The largest absolute Gasteiger partial charge is 0.410 e. The topological polar surface area (TPSA) is 59.0 Å². The van der Waals surface area contributed by atoms with Crippen molar-refractivity contribution in [3.63, 3.8) is 0 Å². The third-order valence-electron chi connectivity index (χ3n) is 5.72. The number of alkyl halides is 3. The van der Waals surface area contributed by atoms with E-state index in [0.29, 0.717) is 5.56 Å². The Kier molecular flexibility index (Phi) is 6.03. The molecule has 1 aliphatic heterocycles. The molecule has 0 bridgehead atoms. The van der Waals surface area contributed by atoms with E-state index in [1.54, 1.807) is 24.3 Å². The van der Waals surface area contributed by atoms with Crippen LogP contribution in [0.25, 0.3) is 0 Å². The molecule has 2 atom stereocenters. The van der Waals surface area contributed by atoms with E-state index in [0.717, 1.165) is 41.3 Å². The van der Waals surface area contributed by atoms with Gasteiger partial charge in [0.2, 0.25) is 0 Å². The van der Waals surface area contributed by atoms with E-state index in [9.17, 15) is 18.0 Å². The zero-order chi connectivity index (χ0) is 21.5. The molecule has 1 aromatic carbocycles. The summed E-state index contributed by atoms with van der Waals surface area (Å²) in [5.41, 5.74) is 0.527. The van der Waals surface area contributed by atoms with Gasteiger partial charge in [0.25, 0.3) is 5.91 Å². The van der Waals surface area contributed by atoms with Crippen LogP contribution in [0.5, 0.6) is 0 Å². The molecule has 162 valence electrons. The van der Waals surface area contributed by atoms with Crippen LogP contribution in [0.3, 0.4) is 0 Å². The number of rotatable bonds is 3. The lowest BCUT2D eigenvalue weighted by molar-refractivity contribution is -0.173. The highest BCUT2D eigenvalue weighted by Gasteiger charge is 2.48. The second kappa shape index (κ2) is 8.42. The van der Waals surface area contributed by atoms with Crippen LogP contribution in [-0.2, 0) is 0 Å². The van der Waals surface area contributed by atoms with E-state index < -0.39 is 24.2 Å². The third-order valence-corrected chi connectivity index (χ3v) is 6.61. The lowest BCUT2D eigenvalue weighted by Gasteiger charge is -2.33. The van der Waals surface area contributed by atoms with E-state index >= 15 is 0 Å². The van der Waals surface area contributed by atoms with Gasteiger partial charge in [-0.05, 0) is 30.5 Å². The summed E-state index contributed by atoms with van der Waals surface area (Å²) >= 11 is 9.70. The number of hydrogen-bond donors (Lipinski definition) is 2. The minimum absolute atomic E-state index is 0.00271. The molecule has 2 aromatic rings.